The van der Waals surface area contributed by atoms with Crippen molar-refractivity contribution in [3.63, 3.8) is 0 Å². The van der Waals surface area contributed by atoms with E-state index in [9.17, 15) is 9.59 Å². The van der Waals surface area contributed by atoms with E-state index in [1.807, 2.05) is 6.92 Å². The number of aromatic nitrogens is 2. The molecule has 2 N–H and O–H groups in total. The number of hydrogen-bond acceptors (Lipinski definition) is 3. The molecular formula is C14H23N3O3. The largest absolute Gasteiger partial charge is 0.480 e. The number of hydrogen-bond donors (Lipinski definition) is 2. The van der Waals surface area contributed by atoms with Crippen LogP contribution in [0.25, 0.3) is 0 Å². The van der Waals surface area contributed by atoms with E-state index in [0.717, 1.165) is 19.4 Å². The number of unbranched alkanes of at least 4 members (excludes halogenated alkanes) is 1. The second kappa shape index (κ2) is 7.67. The molecule has 0 saturated heterocycles. The van der Waals surface area contributed by atoms with Crippen molar-refractivity contribution in [2.45, 2.75) is 52.6 Å². The van der Waals surface area contributed by atoms with Crippen molar-refractivity contribution in [1.82, 2.24) is 15.1 Å². The Balaban J connectivity index is 2.64. The molecule has 6 heteroatoms. The zero-order valence-corrected chi connectivity index (χ0v) is 12.3. The summed E-state index contributed by atoms with van der Waals surface area (Å²) in [6.45, 7) is 6.83. The molecule has 6 nitrogen and oxygen atoms in total. The average Bonchev–Trinajstić information content (AvgIpc) is 2.81. The van der Waals surface area contributed by atoms with Gasteiger partial charge in [-0.1, -0.05) is 33.6 Å². The minimum Gasteiger partial charge on any atom is -0.480 e. The van der Waals surface area contributed by atoms with E-state index in [0.29, 0.717) is 17.9 Å². The van der Waals surface area contributed by atoms with Crippen LogP contribution in [0.5, 0.6) is 0 Å². The van der Waals surface area contributed by atoms with Crippen LogP contribution in [0.15, 0.2) is 12.4 Å². The molecule has 1 aromatic heterocycles. The highest BCUT2D eigenvalue weighted by molar-refractivity contribution is 5.96. The first-order valence-corrected chi connectivity index (χ1v) is 7.00. The number of aliphatic carboxylic acids is 1. The van der Waals surface area contributed by atoms with Crippen molar-refractivity contribution in [3.05, 3.63) is 18.0 Å². The number of carboxylic acid groups (broad SMARTS) is 1. The van der Waals surface area contributed by atoms with Gasteiger partial charge in [0, 0.05) is 12.7 Å². The molecule has 0 aliphatic rings. The molecule has 0 fully saturated rings. The van der Waals surface area contributed by atoms with Gasteiger partial charge in [-0.2, -0.15) is 5.10 Å². The van der Waals surface area contributed by atoms with Crippen molar-refractivity contribution in [2.24, 2.45) is 5.92 Å². The number of carbonyl (C=O) groups excluding carboxylic acids is 1. The van der Waals surface area contributed by atoms with Gasteiger partial charge in [0.25, 0.3) is 5.91 Å². The van der Waals surface area contributed by atoms with Gasteiger partial charge in [-0.25, -0.2) is 4.79 Å². The summed E-state index contributed by atoms with van der Waals surface area (Å²) in [5.41, 5.74) is 0.397. The fourth-order valence-corrected chi connectivity index (χ4v) is 1.86. The lowest BCUT2D eigenvalue weighted by Crippen LogP contribution is -2.40. The van der Waals surface area contributed by atoms with Gasteiger partial charge in [0.05, 0.1) is 11.8 Å². The molecule has 0 saturated carbocycles. The summed E-state index contributed by atoms with van der Waals surface area (Å²) < 4.78 is 1.70. The van der Waals surface area contributed by atoms with Crippen LogP contribution < -0.4 is 5.32 Å². The average molecular weight is 281 g/mol. The maximum absolute atomic E-state index is 12.0. The summed E-state index contributed by atoms with van der Waals surface area (Å²) in [5, 5.41) is 15.7. The highest BCUT2D eigenvalue weighted by atomic mass is 16.4. The molecule has 112 valence electrons. The number of nitrogens with one attached hydrogen (secondary N) is 1. The van der Waals surface area contributed by atoms with Crippen molar-refractivity contribution in [2.75, 3.05) is 0 Å². The second-order valence-electron chi connectivity index (χ2n) is 5.35. The van der Waals surface area contributed by atoms with Gasteiger partial charge in [0.1, 0.15) is 6.04 Å². The third-order valence-corrected chi connectivity index (χ3v) is 2.90. The van der Waals surface area contributed by atoms with Crippen molar-refractivity contribution < 1.29 is 14.7 Å². The van der Waals surface area contributed by atoms with E-state index in [-0.39, 0.29) is 5.91 Å². The molecule has 0 aliphatic heterocycles. The highest BCUT2D eigenvalue weighted by Crippen LogP contribution is 2.05. The first-order chi connectivity index (χ1) is 9.43. The minimum absolute atomic E-state index is 0.386. The summed E-state index contributed by atoms with van der Waals surface area (Å²) in [6.07, 6.45) is 5.22. The van der Waals surface area contributed by atoms with Gasteiger partial charge in [0.15, 0.2) is 0 Å². The minimum atomic E-state index is -0.999. The molecule has 1 atom stereocenters. The summed E-state index contributed by atoms with van der Waals surface area (Å²) in [7, 11) is 0. The number of carbonyl (C=O) groups is 2. The SMILES string of the molecule is CCCCC(NC(=O)c1cnn(CC(C)C)c1)C(=O)O. The number of amides is 1. The van der Waals surface area contributed by atoms with E-state index in [2.05, 4.69) is 24.3 Å². The van der Waals surface area contributed by atoms with Crippen molar-refractivity contribution >= 4 is 11.9 Å². The van der Waals surface area contributed by atoms with Crippen LogP contribution in [-0.2, 0) is 11.3 Å². The Labute approximate surface area is 119 Å². The summed E-state index contributed by atoms with van der Waals surface area (Å²) in [6, 6.07) is -0.837. The lowest BCUT2D eigenvalue weighted by atomic mass is 10.1. The van der Waals surface area contributed by atoms with Crippen LogP contribution in [0.3, 0.4) is 0 Å². The second-order valence-corrected chi connectivity index (χ2v) is 5.35. The van der Waals surface area contributed by atoms with Crippen LogP contribution in [0.4, 0.5) is 0 Å². The van der Waals surface area contributed by atoms with E-state index < -0.39 is 12.0 Å². The maximum Gasteiger partial charge on any atom is 0.326 e. The van der Waals surface area contributed by atoms with Gasteiger partial charge in [-0.05, 0) is 12.3 Å². The van der Waals surface area contributed by atoms with Crippen LogP contribution in [-0.4, -0.2) is 32.8 Å². The third kappa shape index (κ3) is 5.03. The molecule has 0 spiro atoms. The van der Waals surface area contributed by atoms with E-state index in [4.69, 9.17) is 5.11 Å². The standard InChI is InChI=1S/C14H23N3O3/c1-4-5-6-12(14(19)20)16-13(18)11-7-15-17(9-11)8-10(2)3/h7,9-10,12H,4-6,8H2,1-3H3,(H,16,18)(H,19,20). The van der Waals surface area contributed by atoms with Crippen LogP contribution in [0.2, 0.25) is 0 Å². The Morgan fingerprint density at radius 3 is 2.70 bits per heavy atom. The molecule has 1 amide bonds. The molecule has 0 radical (unpaired) electrons. The molecular weight excluding hydrogens is 258 g/mol. The molecule has 0 bridgehead atoms. The molecule has 20 heavy (non-hydrogen) atoms. The maximum atomic E-state index is 12.0. The predicted molar refractivity (Wildman–Crippen MR) is 75.5 cm³/mol. The third-order valence-electron chi connectivity index (χ3n) is 2.90. The lowest BCUT2D eigenvalue weighted by Gasteiger charge is -2.13. The van der Waals surface area contributed by atoms with Gasteiger partial charge in [-0.3, -0.25) is 9.48 Å². The van der Waals surface area contributed by atoms with Crippen molar-refractivity contribution in [1.29, 1.82) is 0 Å². The fourth-order valence-electron chi connectivity index (χ4n) is 1.86. The first kappa shape index (κ1) is 16.2. The van der Waals surface area contributed by atoms with Gasteiger partial charge >= 0.3 is 5.97 Å². The molecule has 1 aromatic rings. The molecule has 1 rings (SSSR count). The van der Waals surface area contributed by atoms with E-state index in [1.54, 1.807) is 10.9 Å². The summed E-state index contributed by atoms with van der Waals surface area (Å²) >= 11 is 0. The predicted octanol–water partition coefficient (Wildman–Crippen LogP) is 1.91. The normalized spacial score (nSPS) is 12.4. The van der Waals surface area contributed by atoms with Crippen LogP contribution in [0, 0.1) is 5.92 Å². The Hall–Kier alpha value is -1.85. The Bertz CT molecular complexity index is 454. The molecule has 1 heterocycles. The number of carboxylic acids is 1. The first-order valence-electron chi connectivity index (χ1n) is 7.00. The zero-order chi connectivity index (χ0) is 15.1. The highest BCUT2D eigenvalue weighted by Gasteiger charge is 2.20. The van der Waals surface area contributed by atoms with E-state index in [1.165, 1.54) is 6.20 Å². The number of rotatable bonds is 8. The Morgan fingerprint density at radius 2 is 2.15 bits per heavy atom. The monoisotopic (exact) mass is 281 g/mol. The fraction of sp³-hybridized carbons (Fsp3) is 0.643. The topological polar surface area (TPSA) is 84.2 Å². The Kier molecular flexibility index (Phi) is 6.21. The van der Waals surface area contributed by atoms with E-state index >= 15 is 0 Å². The number of nitrogens with zero attached hydrogens (tertiary/aromatic N) is 2. The van der Waals surface area contributed by atoms with Gasteiger partial charge in [-0.15, -0.1) is 0 Å². The molecule has 0 aromatic carbocycles. The quantitative estimate of drug-likeness (QED) is 0.762. The summed E-state index contributed by atoms with van der Waals surface area (Å²) in [5.74, 6) is -0.952. The van der Waals surface area contributed by atoms with Crippen molar-refractivity contribution in [3.8, 4) is 0 Å². The molecule has 1 unspecified atom stereocenters. The summed E-state index contributed by atoms with van der Waals surface area (Å²) in [4.78, 5) is 23.1. The van der Waals surface area contributed by atoms with Gasteiger partial charge in [0.2, 0.25) is 0 Å². The van der Waals surface area contributed by atoms with Crippen LogP contribution in [0.1, 0.15) is 50.4 Å². The Morgan fingerprint density at radius 1 is 1.45 bits per heavy atom. The molecule has 0 aliphatic carbocycles. The van der Waals surface area contributed by atoms with Crippen LogP contribution >= 0.6 is 0 Å². The zero-order valence-electron chi connectivity index (χ0n) is 12.3. The lowest BCUT2D eigenvalue weighted by molar-refractivity contribution is -0.139. The van der Waals surface area contributed by atoms with Gasteiger partial charge < -0.3 is 10.4 Å². The smallest absolute Gasteiger partial charge is 0.326 e.